The molecule has 0 aliphatic heterocycles. The van der Waals surface area contributed by atoms with Crippen molar-refractivity contribution in [3.63, 3.8) is 0 Å². The van der Waals surface area contributed by atoms with Crippen LogP contribution < -0.4 is 10.5 Å². The Hall–Kier alpha value is -2.64. The summed E-state index contributed by atoms with van der Waals surface area (Å²) >= 11 is 6.36. The predicted molar refractivity (Wildman–Crippen MR) is 126 cm³/mol. The molecule has 31 heavy (non-hydrogen) atoms. The summed E-state index contributed by atoms with van der Waals surface area (Å²) in [5.74, 6) is 0. The molecule has 0 bridgehead atoms. The summed E-state index contributed by atoms with van der Waals surface area (Å²) in [4.78, 5) is 0.135. The molecule has 0 saturated heterocycles. The molecule has 3 aromatic carbocycles. The first-order valence-electron chi connectivity index (χ1n) is 10.0. The number of hydrogen-bond acceptors (Lipinski definition) is 3. The van der Waals surface area contributed by atoms with Gasteiger partial charge in [0, 0.05) is 35.2 Å². The maximum atomic E-state index is 11.4. The summed E-state index contributed by atoms with van der Waals surface area (Å²) in [5.41, 5.74) is 4.55. The average Bonchev–Trinajstić information content (AvgIpc) is 3.10. The van der Waals surface area contributed by atoms with E-state index in [9.17, 15) is 8.42 Å². The van der Waals surface area contributed by atoms with Gasteiger partial charge in [-0.15, -0.1) is 0 Å². The lowest BCUT2D eigenvalue weighted by atomic mass is 10.1. The van der Waals surface area contributed by atoms with Crippen LogP contribution >= 0.6 is 11.6 Å². The molecule has 0 atom stereocenters. The molecule has 0 aliphatic rings. The van der Waals surface area contributed by atoms with Gasteiger partial charge < -0.3 is 9.88 Å². The molecule has 160 valence electrons. The van der Waals surface area contributed by atoms with Crippen molar-refractivity contribution < 1.29 is 8.42 Å². The Labute approximate surface area is 187 Å². The molecular weight excluding hydrogens is 430 g/mol. The average molecular weight is 454 g/mol. The Balaban J connectivity index is 1.42. The van der Waals surface area contributed by atoms with E-state index in [0.29, 0.717) is 0 Å². The molecule has 0 radical (unpaired) electrons. The topological polar surface area (TPSA) is 77.1 Å². The van der Waals surface area contributed by atoms with Crippen LogP contribution in [0.2, 0.25) is 5.02 Å². The Bertz CT molecular complexity index is 1300. The van der Waals surface area contributed by atoms with Crippen LogP contribution in [0, 0.1) is 0 Å². The van der Waals surface area contributed by atoms with Crippen molar-refractivity contribution in [2.45, 2.75) is 24.4 Å². The van der Waals surface area contributed by atoms with E-state index in [4.69, 9.17) is 16.7 Å². The number of para-hydroxylation sites is 1. The summed E-state index contributed by atoms with van der Waals surface area (Å²) < 4.78 is 25.0. The first kappa shape index (κ1) is 21.6. The van der Waals surface area contributed by atoms with Crippen molar-refractivity contribution in [2.24, 2.45) is 5.14 Å². The van der Waals surface area contributed by atoms with E-state index < -0.39 is 10.0 Å². The standard InChI is InChI=1S/C24H24ClN3O2S/c25-23-7-3-1-5-19(23)16-28-17-20(22-6-2-4-8-24(22)28)15-27-14-13-18-9-11-21(12-10-18)31(26,29)30/h1-12,17,27H,13-16H2,(H2,26,29,30). The fraction of sp³-hybridized carbons (Fsp3) is 0.167. The third kappa shape index (κ3) is 5.17. The van der Waals surface area contributed by atoms with Gasteiger partial charge in [0.1, 0.15) is 0 Å². The molecule has 1 aromatic heterocycles. The SMILES string of the molecule is NS(=O)(=O)c1ccc(CCNCc2cn(Cc3ccccc3Cl)c3ccccc23)cc1. The quantitative estimate of drug-likeness (QED) is 0.390. The van der Waals surface area contributed by atoms with E-state index in [0.717, 1.165) is 42.2 Å². The summed E-state index contributed by atoms with van der Waals surface area (Å²) in [5, 5.41) is 10.6. The zero-order valence-corrected chi connectivity index (χ0v) is 18.5. The van der Waals surface area contributed by atoms with Gasteiger partial charge in [-0.25, -0.2) is 13.6 Å². The highest BCUT2D eigenvalue weighted by Crippen LogP contribution is 2.24. The molecule has 0 saturated carbocycles. The molecule has 1 heterocycles. The molecule has 7 heteroatoms. The van der Waals surface area contributed by atoms with Gasteiger partial charge in [0.05, 0.1) is 4.90 Å². The number of primary sulfonamides is 1. The number of rotatable bonds is 8. The normalized spacial score (nSPS) is 11.8. The lowest BCUT2D eigenvalue weighted by molar-refractivity contribution is 0.597. The fourth-order valence-electron chi connectivity index (χ4n) is 3.71. The maximum absolute atomic E-state index is 11.4. The van der Waals surface area contributed by atoms with E-state index in [2.05, 4.69) is 40.3 Å². The van der Waals surface area contributed by atoms with Gasteiger partial charge in [-0.3, -0.25) is 0 Å². The number of hydrogen-bond donors (Lipinski definition) is 2. The van der Waals surface area contributed by atoms with E-state index in [1.54, 1.807) is 24.3 Å². The number of nitrogens with two attached hydrogens (primary N) is 1. The third-order valence-corrected chi connectivity index (χ3v) is 6.63. The smallest absolute Gasteiger partial charge is 0.238 e. The lowest BCUT2D eigenvalue weighted by Gasteiger charge is -2.07. The molecular formula is C24H24ClN3O2S. The molecule has 0 fully saturated rings. The van der Waals surface area contributed by atoms with Crippen LogP contribution in [0.15, 0.2) is 83.9 Å². The zero-order valence-electron chi connectivity index (χ0n) is 17.0. The first-order valence-corrected chi connectivity index (χ1v) is 12.0. The molecule has 0 spiro atoms. The van der Waals surface area contributed by atoms with Gasteiger partial charge >= 0.3 is 0 Å². The zero-order chi connectivity index (χ0) is 21.8. The first-order chi connectivity index (χ1) is 14.9. The Morgan fingerprint density at radius 1 is 0.903 bits per heavy atom. The molecule has 0 aliphatic carbocycles. The number of aromatic nitrogens is 1. The Kier molecular flexibility index (Phi) is 6.43. The molecule has 4 aromatic rings. The summed E-state index contributed by atoms with van der Waals surface area (Å²) in [7, 11) is -3.65. The molecule has 0 amide bonds. The summed E-state index contributed by atoms with van der Waals surface area (Å²) in [6, 6.07) is 23.0. The Morgan fingerprint density at radius 3 is 2.35 bits per heavy atom. The minimum Gasteiger partial charge on any atom is -0.343 e. The van der Waals surface area contributed by atoms with Crippen LogP contribution in [0.4, 0.5) is 0 Å². The van der Waals surface area contributed by atoms with Crippen molar-refractivity contribution in [1.29, 1.82) is 0 Å². The van der Waals surface area contributed by atoms with Crippen LogP contribution in [-0.2, 0) is 29.5 Å². The number of sulfonamides is 1. The van der Waals surface area contributed by atoms with E-state index in [1.807, 2.05) is 24.3 Å². The van der Waals surface area contributed by atoms with Crippen LogP contribution in [0.1, 0.15) is 16.7 Å². The Morgan fingerprint density at radius 2 is 1.61 bits per heavy atom. The third-order valence-electron chi connectivity index (χ3n) is 5.33. The number of benzene rings is 3. The maximum Gasteiger partial charge on any atom is 0.238 e. The van der Waals surface area contributed by atoms with Crippen LogP contribution in [0.3, 0.4) is 0 Å². The number of nitrogens with one attached hydrogen (secondary N) is 1. The number of fused-ring (bicyclic) bond motifs is 1. The summed E-state index contributed by atoms with van der Waals surface area (Å²) in [6.45, 7) is 2.24. The van der Waals surface area contributed by atoms with Gasteiger partial charge in [0.2, 0.25) is 10.0 Å². The van der Waals surface area contributed by atoms with Crippen LogP contribution in [-0.4, -0.2) is 19.5 Å². The highest BCUT2D eigenvalue weighted by Gasteiger charge is 2.10. The monoisotopic (exact) mass is 453 g/mol. The number of nitrogens with zero attached hydrogens (tertiary/aromatic N) is 1. The lowest BCUT2D eigenvalue weighted by Crippen LogP contribution is -2.17. The van der Waals surface area contributed by atoms with E-state index >= 15 is 0 Å². The second-order valence-corrected chi connectivity index (χ2v) is 9.48. The molecule has 3 N–H and O–H groups in total. The second-order valence-electron chi connectivity index (χ2n) is 7.51. The number of halogens is 1. The van der Waals surface area contributed by atoms with E-state index in [1.165, 1.54) is 16.5 Å². The van der Waals surface area contributed by atoms with Gasteiger partial charge in [0.25, 0.3) is 0 Å². The van der Waals surface area contributed by atoms with Crippen molar-refractivity contribution in [3.8, 4) is 0 Å². The van der Waals surface area contributed by atoms with Crippen molar-refractivity contribution >= 4 is 32.5 Å². The highest BCUT2D eigenvalue weighted by molar-refractivity contribution is 7.89. The molecule has 0 unspecified atom stereocenters. The van der Waals surface area contributed by atoms with E-state index in [-0.39, 0.29) is 4.90 Å². The molecule has 4 rings (SSSR count). The highest BCUT2D eigenvalue weighted by atomic mass is 35.5. The van der Waals surface area contributed by atoms with Crippen molar-refractivity contribution in [3.05, 3.63) is 101 Å². The van der Waals surface area contributed by atoms with Crippen LogP contribution in [0.25, 0.3) is 10.9 Å². The molecule has 5 nitrogen and oxygen atoms in total. The fourth-order valence-corrected chi connectivity index (χ4v) is 4.42. The van der Waals surface area contributed by atoms with Gasteiger partial charge in [-0.05, 0) is 53.9 Å². The van der Waals surface area contributed by atoms with Gasteiger partial charge in [-0.1, -0.05) is 60.1 Å². The van der Waals surface area contributed by atoms with Crippen molar-refractivity contribution in [2.75, 3.05) is 6.54 Å². The minimum atomic E-state index is -3.65. The van der Waals surface area contributed by atoms with Gasteiger partial charge in [-0.2, -0.15) is 0 Å². The van der Waals surface area contributed by atoms with Gasteiger partial charge in [0.15, 0.2) is 0 Å². The minimum absolute atomic E-state index is 0.135. The predicted octanol–water partition coefficient (Wildman–Crippen LogP) is 4.32. The largest absolute Gasteiger partial charge is 0.343 e. The second kappa shape index (κ2) is 9.24. The van der Waals surface area contributed by atoms with Crippen molar-refractivity contribution in [1.82, 2.24) is 9.88 Å². The summed E-state index contributed by atoms with van der Waals surface area (Å²) in [6.07, 6.45) is 2.98. The van der Waals surface area contributed by atoms with Crippen LogP contribution in [0.5, 0.6) is 0 Å².